The van der Waals surface area contributed by atoms with Crippen molar-refractivity contribution in [1.29, 1.82) is 0 Å². The lowest BCUT2D eigenvalue weighted by Crippen LogP contribution is -2.31. The summed E-state index contributed by atoms with van der Waals surface area (Å²) >= 11 is 5.53. The summed E-state index contributed by atoms with van der Waals surface area (Å²) in [5.74, 6) is -1.82. The van der Waals surface area contributed by atoms with E-state index in [1.807, 2.05) is 6.92 Å². The van der Waals surface area contributed by atoms with E-state index >= 15 is 0 Å². The van der Waals surface area contributed by atoms with Crippen LogP contribution in [0.3, 0.4) is 0 Å². The zero-order valence-electron chi connectivity index (χ0n) is 12.1. The zero-order valence-corrected chi connectivity index (χ0v) is 12.9. The number of carbonyl (C=O) groups is 1. The Morgan fingerprint density at radius 1 is 1.30 bits per heavy atom. The van der Waals surface area contributed by atoms with E-state index in [9.17, 15) is 18.0 Å². The summed E-state index contributed by atoms with van der Waals surface area (Å²) in [7, 11) is 0. The third kappa shape index (κ3) is 4.22. The topological polar surface area (TPSA) is 59.2 Å². The molecule has 0 spiro atoms. The van der Waals surface area contributed by atoms with E-state index in [1.54, 1.807) is 29.2 Å². The number of hydrogen-bond donors (Lipinski definition) is 0. The van der Waals surface area contributed by atoms with E-state index in [0.29, 0.717) is 18.7 Å². The van der Waals surface area contributed by atoms with E-state index in [4.69, 9.17) is 11.6 Å². The molecule has 0 fully saturated rings. The standard InChI is InChI=1S/C14H13ClF3N3O2/c1-2-21(11(22)7-15)8-9-3-5-10(6-4-9)12-19-13(23-20-12)14(16,17)18/h3-6H,2,7-8H2,1H3. The number of alkyl halides is 4. The van der Waals surface area contributed by atoms with Crippen LogP contribution >= 0.6 is 11.6 Å². The van der Waals surface area contributed by atoms with Gasteiger partial charge in [0.15, 0.2) is 0 Å². The van der Waals surface area contributed by atoms with Crippen LogP contribution in [0.1, 0.15) is 18.4 Å². The number of nitrogens with zero attached hydrogens (tertiary/aromatic N) is 3. The fourth-order valence-electron chi connectivity index (χ4n) is 1.90. The third-order valence-corrected chi connectivity index (χ3v) is 3.33. The van der Waals surface area contributed by atoms with Crippen LogP contribution in [-0.2, 0) is 17.5 Å². The molecule has 9 heteroatoms. The predicted molar refractivity (Wildman–Crippen MR) is 76.5 cm³/mol. The molecule has 124 valence electrons. The predicted octanol–water partition coefficient (Wildman–Crippen LogP) is 3.34. The smallest absolute Gasteiger partial charge is 0.338 e. The molecule has 0 radical (unpaired) electrons. The molecule has 1 aromatic heterocycles. The van der Waals surface area contributed by atoms with Gasteiger partial charge in [0.2, 0.25) is 11.7 Å². The summed E-state index contributed by atoms with van der Waals surface area (Å²) in [5.41, 5.74) is 1.20. The SMILES string of the molecule is CCN(Cc1ccc(-c2noc(C(F)(F)F)n2)cc1)C(=O)CCl. The van der Waals surface area contributed by atoms with E-state index < -0.39 is 12.1 Å². The van der Waals surface area contributed by atoms with Crippen LogP contribution in [0.5, 0.6) is 0 Å². The van der Waals surface area contributed by atoms with Crippen molar-refractivity contribution in [3.05, 3.63) is 35.7 Å². The first kappa shape index (κ1) is 17.3. The quantitative estimate of drug-likeness (QED) is 0.778. The number of benzene rings is 1. The second kappa shape index (κ2) is 6.99. The maximum atomic E-state index is 12.4. The van der Waals surface area contributed by atoms with E-state index in [-0.39, 0.29) is 17.6 Å². The van der Waals surface area contributed by atoms with Gasteiger partial charge in [-0.05, 0) is 12.5 Å². The van der Waals surface area contributed by atoms with Crippen LogP contribution in [0.15, 0.2) is 28.8 Å². The highest BCUT2D eigenvalue weighted by atomic mass is 35.5. The Hall–Kier alpha value is -2.09. The van der Waals surface area contributed by atoms with Crippen LogP contribution in [0.4, 0.5) is 13.2 Å². The summed E-state index contributed by atoms with van der Waals surface area (Å²) in [6.45, 7) is 2.70. The van der Waals surface area contributed by atoms with Gasteiger partial charge in [0.1, 0.15) is 5.88 Å². The Morgan fingerprint density at radius 2 is 1.96 bits per heavy atom. The van der Waals surface area contributed by atoms with Crippen molar-refractivity contribution in [1.82, 2.24) is 15.0 Å². The molecule has 0 atom stereocenters. The highest BCUT2D eigenvalue weighted by Gasteiger charge is 2.38. The number of aromatic nitrogens is 2. The molecule has 1 aromatic carbocycles. The van der Waals surface area contributed by atoms with Gasteiger partial charge >= 0.3 is 12.1 Å². The monoisotopic (exact) mass is 347 g/mol. The average Bonchev–Trinajstić information content (AvgIpc) is 3.02. The normalized spacial score (nSPS) is 11.5. The Morgan fingerprint density at radius 3 is 2.43 bits per heavy atom. The number of hydrogen-bond acceptors (Lipinski definition) is 4. The number of halogens is 4. The van der Waals surface area contributed by atoms with Crippen molar-refractivity contribution < 1.29 is 22.5 Å². The van der Waals surface area contributed by atoms with Crippen LogP contribution in [-0.4, -0.2) is 33.4 Å². The molecule has 0 saturated carbocycles. The van der Waals surface area contributed by atoms with E-state index in [0.717, 1.165) is 5.56 Å². The second-order valence-corrected chi connectivity index (χ2v) is 4.93. The van der Waals surface area contributed by atoms with Crippen LogP contribution in [0.25, 0.3) is 11.4 Å². The first-order valence-electron chi connectivity index (χ1n) is 6.69. The van der Waals surface area contributed by atoms with Crippen molar-refractivity contribution >= 4 is 17.5 Å². The summed E-state index contributed by atoms with van der Waals surface area (Å²) in [4.78, 5) is 16.5. The van der Waals surface area contributed by atoms with Crippen molar-refractivity contribution in [2.24, 2.45) is 0 Å². The van der Waals surface area contributed by atoms with E-state index in [2.05, 4.69) is 14.7 Å². The van der Waals surface area contributed by atoms with Crippen LogP contribution in [0.2, 0.25) is 0 Å². The van der Waals surface area contributed by atoms with Crippen molar-refractivity contribution in [3.63, 3.8) is 0 Å². The highest BCUT2D eigenvalue weighted by Crippen LogP contribution is 2.29. The maximum Gasteiger partial charge on any atom is 0.471 e. The molecule has 23 heavy (non-hydrogen) atoms. The van der Waals surface area contributed by atoms with Gasteiger partial charge in [0.05, 0.1) is 0 Å². The molecule has 0 unspecified atom stereocenters. The third-order valence-electron chi connectivity index (χ3n) is 3.10. The molecule has 1 amide bonds. The average molecular weight is 348 g/mol. The summed E-state index contributed by atoms with van der Waals surface area (Å²) < 4.78 is 41.5. The van der Waals surface area contributed by atoms with Gasteiger partial charge < -0.3 is 9.42 Å². The van der Waals surface area contributed by atoms with Gasteiger partial charge in [-0.3, -0.25) is 4.79 Å². The van der Waals surface area contributed by atoms with Gasteiger partial charge in [-0.25, -0.2) is 0 Å². The number of rotatable bonds is 5. The maximum absolute atomic E-state index is 12.4. The lowest BCUT2D eigenvalue weighted by atomic mass is 10.1. The molecule has 0 saturated heterocycles. The Bertz CT molecular complexity index is 671. The summed E-state index contributed by atoms with van der Waals surface area (Å²) in [6.07, 6.45) is -4.67. The number of amides is 1. The van der Waals surface area contributed by atoms with Crippen LogP contribution < -0.4 is 0 Å². The second-order valence-electron chi connectivity index (χ2n) is 4.66. The van der Waals surface area contributed by atoms with Crippen molar-refractivity contribution in [2.45, 2.75) is 19.6 Å². The van der Waals surface area contributed by atoms with Crippen molar-refractivity contribution in [3.8, 4) is 11.4 Å². The van der Waals surface area contributed by atoms with Crippen LogP contribution in [0, 0.1) is 0 Å². The summed E-state index contributed by atoms with van der Waals surface area (Å²) in [5, 5.41) is 3.31. The molecule has 0 aliphatic rings. The Balaban J connectivity index is 2.13. The summed E-state index contributed by atoms with van der Waals surface area (Å²) in [6, 6.07) is 6.50. The molecule has 0 aliphatic carbocycles. The first-order chi connectivity index (χ1) is 10.8. The Kier molecular flexibility index (Phi) is 5.25. The zero-order chi connectivity index (χ0) is 17.0. The van der Waals surface area contributed by atoms with E-state index in [1.165, 1.54) is 0 Å². The van der Waals surface area contributed by atoms with Gasteiger partial charge in [-0.1, -0.05) is 29.4 Å². The lowest BCUT2D eigenvalue weighted by Gasteiger charge is -2.19. The minimum atomic E-state index is -4.67. The number of carbonyl (C=O) groups excluding carboxylic acids is 1. The fraction of sp³-hybridized carbons (Fsp3) is 0.357. The van der Waals surface area contributed by atoms with Gasteiger partial charge in [0.25, 0.3) is 0 Å². The lowest BCUT2D eigenvalue weighted by molar-refractivity contribution is -0.159. The fourth-order valence-corrected chi connectivity index (χ4v) is 2.07. The van der Waals surface area contributed by atoms with Crippen molar-refractivity contribution in [2.75, 3.05) is 12.4 Å². The minimum absolute atomic E-state index is 0.102. The van der Waals surface area contributed by atoms with Gasteiger partial charge in [0, 0.05) is 18.7 Å². The Labute approximate surface area is 135 Å². The molecule has 2 rings (SSSR count). The molecule has 0 bridgehead atoms. The molecular formula is C14H13ClF3N3O2. The van der Waals surface area contributed by atoms with Gasteiger partial charge in [-0.15, -0.1) is 11.6 Å². The molecule has 0 aliphatic heterocycles. The molecule has 0 N–H and O–H groups in total. The van der Waals surface area contributed by atoms with Gasteiger partial charge in [-0.2, -0.15) is 18.2 Å². The highest BCUT2D eigenvalue weighted by molar-refractivity contribution is 6.27. The first-order valence-corrected chi connectivity index (χ1v) is 7.22. The molecule has 2 aromatic rings. The molecule has 1 heterocycles. The molecular weight excluding hydrogens is 335 g/mol. The largest absolute Gasteiger partial charge is 0.471 e. The minimum Gasteiger partial charge on any atom is -0.338 e. The molecule has 5 nitrogen and oxygen atoms in total.